The zero-order valence-electron chi connectivity index (χ0n) is 10.6. The summed E-state index contributed by atoms with van der Waals surface area (Å²) in [6.07, 6.45) is -4.44. The summed E-state index contributed by atoms with van der Waals surface area (Å²) in [6, 6.07) is 8.57. The third-order valence-electron chi connectivity index (χ3n) is 2.83. The standard InChI is InChI=1S/C14H12ClF3N2/c1-8-3-2-4-12(13(8)19)20-11-6-9(14(16,17)18)5-10(15)7-11/h2-7,20H,19H2,1H3. The van der Waals surface area contributed by atoms with Crippen molar-refractivity contribution in [1.29, 1.82) is 0 Å². The van der Waals surface area contributed by atoms with Crippen molar-refractivity contribution in [1.82, 2.24) is 0 Å². The second-order valence-electron chi connectivity index (χ2n) is 4.39. The third kappa shape index (κ3) is 3.17. The summed E-state index contributed by atoms with van der Waals surface area (Å²) in [5.74, 6) is 0. The Morgan fingerprint density at radius 1 is 1.15 bits per heavy atom. The van der Waals surface area contributed by atoms with Crippen molar-refractivity contribution >= 4 is 28.7 Å². The molecule has 0 aliphatic carbocycles. The summed E-state index contributed by atoms with van der Waals surface area (Å²) < 4.78 is 38.2. The zero-order valence-corrected chi connectivity index (χ0v) is 11.3. The Labute approximate surface area is 119 Å². The van der Waals surface area contributed by atoms with Gasteiger partial charge in [0, 0.05) is 10.7 Å². The number of para-hydroxylation sites is 1. The Morgan fingerprint density at radius 2 is 1.85 bits per heavy atom. The van der Waals surface area contributed by atoms with E-state index in [9.17, 15) is 13.2 Å². The number of halogens is 4. The van der Waals surface area contributed by atoms with Gasteiger partial charge in [-0.05, 0) is 36.8 Å². The molecule has 2 nitrogen and oxygen atoms in total. The molecule has 0 radical (unpaired) electrons. The summed E-state index contributed by atoms with van der Waals surface area (Å²) in [5.41, 5.74) is 7.18. The van der Waals surface area contributed by atoms with Crippen LogP contribution in [0.5, 0.6) is 0 Å². The minimum atomic E-state index is -4.44. The first-order chi connectivity index (χ1) is 9.27. The molecule has 0 aliphatic heterocycles. The highest BCUT2D eigenvalue weighted by Gasteiger charge is 2.31. The average Bonchev–Trinajstić information content (AvgIpc) is 2.33. The van der Waals surface area contributed by atoms with Crippen LogP contribution in [0.25, 0.3) is 0 Å². The van der Waals surface area contributed by atoms with E-state index in [1.807, 2.05) is 13.0 Å². The fourth-order valence-electron chi connectivity index (χ4n) is 1.77. The predicted molar refractivity (Wildman–Crippen MR) is 75.3 cm³/mol. The number of nitrogens with one attached hydrogen (secondary N) is 1. The highest BCUT2D eigenvalue weighted by Crippen LogP contribution is 2.35. The second kappa shape index (κ2) is 5.25. The van der Waals surface area contributed by atoms with Crippen LogP contribution in [-0.4, -0.2) is 0 Å². The monoisotopic (exact) mass is 300 g/mol. The molecule has 6 heteroatoms. The molecule has 0 unspecified atom stereocenters. The van der Waals surface area contributed by atoms with Gasteiger partial charge in [0.2, 0.25) is 0 Å². The number of rotatable bonds is 2. The molecule has 0 atom stereocenters. The smallest absolute Gasteiger partial charge is 0.397 e. The number of anilines is 3. The molecular formula is C14H12ClF3N2. The topological polar surface area (TPSA) is 38.0 Å². The molecule has 0 heterocycles. The number of nitrogens with two attached hydrogens (primary N) is 1. The molecule has 20 heavy (non-hydrogen) atoms. The van der Waals surface area contributed by atoms with Crippen molar-refractivity contribution < 1.29 is 13.2 Å². The lowest BCUT2D eigenvalue weighted by molar-refractivity contribution is -0.137. The summed E-state index contributed by atoms with van der Waals surface area (Å²) in [7, 11) is 0. The fourth-order valence-corrected chi connectivity index (χ4v) is 2.01. The van der Waals surface area contributed by atoms with Gasteiger partial charge >= 0.3 is 6.18 Å². The first-order valence-electron chi connectivity index (χ1n) is 5.77. The molecular weight excluding hydrogens is 289 g/mol. The molecule has 0 aromatic heterocycles. The van der Waals surface area contributed by atoms with Crippen LogP contribution < -0.4 is 11.1 Å². The molecule has 2 rings (SSSR count). The van der Waals surface area contributed by atoms with Gasteiger partial charge in [0.1, 0.15) is 0 Å². The van der Waals surface area contributed by atoms with Gasteiger partial charge in [0.05, 0.1) is 16.9 Å². The second-order valence-corrected chi connectivity index (χ2v) is 4.82. The molecule has 0 bridgehead atoms. The lowest BCUT2D eigenvalue weighted by Crippen LogP contribution is -2.06. The van der Waals surface area contributed by atoms with Crippen molar-refractivity contribution in [2.45, 2.75) is 13.1 Å². The Kier molecular flexibility index (Phi) is 3.81. The number of hydrogen-bond donors (Lipinski definition) is 2. The molecule has 0 spiro atoms. The van der Waals surface area contributed by atoms with Gasteiger partial charge in [-0.25, -0.2) is 0 Å². The van der Waals surface area contributed by atoms with E-state index in [0.29, 0.717) is 11.4 Å². The number of nitrogen functional groups attached to an aromatic ring is 1. The Bertz CT molecular complexity index is 639. The zero-order chi connectivity index (χ0) is 14.9. The van der Waals surface area contributed by atoms with E-state index in [4.69, 9.17) is 17.3 Å². The Morgan fingerprint density at radius 3 is 2.50 bits per heavy atom. The summed E-state index contributed by atoms with van der Waals surface area (Å²) in [4.78, 5) is 0. The average molecular weight is 301 g/mol. The maximum Gasteiger partial charge on any atom is 0.416 e. The van der Waals surface area contributed by atoms with Crippen LogP contribution in [0.4, 0.5) is 30.2 Å². The van der Waals surface area contributed by atoms with Crippen molar-refractivity contribution in [2.75, 3.05) is 11.1 Å². The van der Waals surface area contributed by atoms with Crippen LogP contribution >= 0.6 is 11.6 Å². The van der Waals surface area contributed by atoms with Crippen molar-refractivity contribution in [3.63, 3.8) is 0 Å². The van der Waals surface area contributed by atoms with E-state index in [2.05, 4.69) is 5.32 Å². The van der Waals surface area contributed by atoms with Crippen LogP contribution in [0.15, 0.2) is 36.4 Å². The van der Waals surface area contributed by atoms with Gasteiger partial charge in [-0.3, -0.25) is 0 Å². The van der Waals surface area contributed by atoms with Crippen LogP contribution in [0.2, 0.25) is 5.02 Å². The van der Waals surface area contributed by atoms with Gasteiger partial charge < -0.3 is 11.1 Å². The summed E-state index contributed by atoms with van der Waals surface area (Å²) in [5, 5.41) is 2.86. The normalized spacial score (nSPS) is 11.4. The largest absolute Gasteiger partial charge is 0.416 e. The van der Waals surface area contributed by atoms with Gasteiger partial charge in [-0.15, -0.1) is 0 Å². The van der Waals surface area contributed by atoms with E-state index in [1.54, 1.807) is 12.1 Å². The fraction of sp³-hybridized carbons (Fsp3) is 0.143. The first-order valence-corrected chi connectivity index (χ1v) is 6.15. The Balaban J connectivity index is 2.39. The van der Waals surface area contributed by atoms with Crippen molar-refractivity contribution in [3.8, 4) is 0 Å². The van der Waals surface area contributed by atoms with Crippen LogP contribution in [-0.2, 0) is 6.18 Å². The molecule has 0 aliphatic rings. The summed E-state index contributed by atoms with van der Waals surface area (Å²) in [6.45, 7) is 1.82. The van der Waals surface area contributed by atoms with Crippen LogP contribution in [0.1, 0.15) is 11.1 Å². The molecule has 106 valence electrons. The van der Waals surface area contributed by atoms with Crippen molar-refractivity contribution in [2.24, 2.45) is 0 Å². The van der Waals surface area contributed by atoms with Crippen LogP contribution in [0.3, 0.4) is 0 Å². The quantitative estimate of drug-likeness (QED) is 0.767. The van der Waals surface area contributed by atoms with E-state index in [-0.39, 0.29) is 10.7 Å². The molecule has 0 saturated carbocycles. The SMILES string of the molecule is Cc1cccc(Nc2cc(Cl)cc(C(F)(F)F)c2)c1N. The molecule has 0 fully saturated rings. The highest BCUT2D eigenvalue weighted by molar-refractivity contribution is 6.31. The Hall–Kier alpha value is -1.88. The maximum atomic E-state index is 12.7. The third-order valence-corrected chi connectivity index (χ3v) is 3.05. The molecule has 3 N–H and O–H groups in total. The number of hydrogen-bond acceptors (Lipinski definition) is 2. The molecule has 0 saturated heterocycles. The number of alkyl halides is 3. The highest BCUT2D eigenvalue weighted by atomic mass is 35.5. The van der Waals surface area contributed by atoms with Crippen LogP contribution in [0, 0.1) is 6.92 Å². The number of aryl methyl sites for hydroxylation is 1. The van der Waals surface area contributed by atoms with Gasteiger partial charge in [0.25, 0.3) is 0 Å². The van der Waals surface area contributed by atoms with E-state index in [0.717, 1.165) is 17.7 Å². The minimum Gasteiger partial charge on any atom is -0.397 e. The molecule has 2 aromatic carbocycles. The van der Waals surface area contributed by atoms with Gasteiger partial charge in [0.15, 0.2) is 0 Å². The minimum absolute atomic E-state index is 0.00792. The maximum absolute atomic E-state index is 12.7. The van der Waals surface area contributed by atoms with Gasteiger partial charge in [-0.2, -0.15) is 13.2 Å². The lowest BCUT2D eigenvalue weighted by atomic mass is 10.1. The van der Waals surface area contributed by atoms with Crippen molar-refractivity contribution in [3.05, 3.63) is 52.5 Å². The van der Waals surface area contributed by atoms with E-state index >= 15 is 0 Å². The van der Waals surface area contributed by atoms with Gasteiger partial charge in [-0.1, -0.05) is 23.7 Å². The number of benzene rings is 2. The van der Waals surface area contributed by atoms with E-state index < -0.39 is 11.7 Å². The van der Waals surface area contributed by atoms with E-state index in [1.165, 1.54) is 6.07 Å². The lowest BCUT2D eigenvalue weighted by Gasteiger charge is -2.14. The first kappa shape index (κ1) is 14.5. The predicted octanol–water partition coefficient (Wildman–Crippen LogP) is 4.99. The molecule has 2 aromatic rings. The molecule has 0 amide bonds. The summed E-state index contributed by atoms with van der Waals surface area (Å²) >= 11 is 5.72.